The molecule has 0 rings (SSSR count). The highest BCUT2D eigenvalue weighted by Gasteiger charge is 2.27. The molecule has 0 radical (unpaired) electrons. The molecular formula is C40H67O10P. The Kier molecular flexibility index (Phi) is 34.0. The summed E-state index contributed by atoms with van der Waals surface area (Å²) in [5.74, 6) is -1.05. The van der Waals surface area contributed by atoms with Gasteiger partial charge >= 0.3 is 19.8 Å². The maximum Gasteiger partial charge on any atom is 0.472 e. The van der Waals surface area contributed by atoms with Crippen molar-refractivity contribution in [3.63, 3.8) is 0 Å². The molecule has 0 saturated carbocycles. The lowest BCUT2D eigenvalue weighted by atomic mass is 10.1. The summed E-state index contributed by atoms with van der Waals surface area (Å²) in [6.07, 6.45) is 38.9. The van der Waals surface area contributed by atoms with Crippen LogP contribution in [0.3, 0.4) is 0 Å². The zero-order valence-corrected chi connectivity index (χ0v) is 32.2. The minimum atomic E-state index is -4.64. The molecule has 0 spiro atoms. The summed E-state index contributed by atoms with van der Waals surface area (Å²) in [5, 5.41) is 18.3. The molecule has 10 nitrogen and oxygen atoms in total. The Morgan fingerprint density at radius 3 is 1.71 bits per heavy atom. The minimum Gasteiger partial charge on any atom is -0.462 e. The number of esters is 2. The van der Waals surface area contributed by atoms with E-state index in [0.29, 0.717) is 12.8 Å². The van der Waals surface area contributed by atoms with Crippen molar-refractivity contribution in [3.8, 4) is 0 Å². The monoisotopic (exact) mass is 738 g/mol. The number of aliphatic hydroxyl groups is 2. The molecule has 3 atom stereocenters. The molecule has 51 heavy (non-hydrogen) atoms. The molecule has 0 bridgehead atoms. The Balaban J connectivity index is 4.51. The van der Waals surface area contributed by atoms with Crippen molar-refractivity contribution in [2.45, 2.75) is 142 Å². The molecule has 11 heteroatoms. The van der Waals surface area contributed by atoms with Crippen molar-refractivity contribution in [1.82, 2.24) is 0 Å². The molecule has 0 aliphatic rings. The van der Waals surface area contributed by atoms with Crippen LogP contribution in [0.4, 0.5) is 0 Å². The van der Waals surface area contributed by atoms with Gasteiger partial charge in [0.1, 0.15) is 12.7 Å². The number of ether oxygens (including phenoxy) is 2. The minimum absolute atomic E-state index is 0.0562. The predicted octanol–water partition coefficient (Wildman–Crippen LogP) is 9.33. The van der Waals surface area contributed by atoms with Gasteiger partial charge in [0.05, 0.1) is 19.8 Å². The summed E-state index contributed by atoms with van der Waals surface area (Å²) >= 11 is 0. The molecule has 0 heterocycles. The second-order valence-corrected chi connectivity index (χ2v) is 13.7. The molecule has 292 valence electrons. The lowest BCUT2D eigenvalue weighted by Crippen LogP contribution is -2.29. The summed E-state index contributed by atoms with van der Waals surface area (Å²) in [6.45, 7) is 2.10. The van der Waals surface area contributed by atoms with Crippen molar-refractivity contribution >= 4 is 19.8 Å². The number of hydrogen-bond acceptors (Lipinski definition) is 9. The topological polar surface area (TPSA) is 149 Å². The number of aliphatic hydroxyl groups excluding tert-OH is 2. The third-order valence-corrected chi connectivity index (χ3v) is 8.31. The van der Waals surface area contributed by atoms with Gasteiger partial charge in [0.15, 0.2) is 6.10 Å². The number of unbranched alkanes of at least 4 members (excludes halogenated alkanes) is 8. The van der Waals surface area contributed by atoms with Gasteiger partial charge in [-0.05, 0) is 70.6 Å². The molecule has 0 aliphatic carbocycles. The molecule has 3 unspecified atom stereocenters. The normalized spacial score (nSPS) is 14.8. The number of phosphoric ester groups is 1. The third-order valence-electron chi connectivity index (χ3n) is 7.36. The van der Waals surface area contributed by atoms with E-state index in [0.717, 1.165) is 70.6 Å². The SMILES string of the molecule is CC/C=C\C/C=C\C/C=C\C/C=C\CCC(=O)OC(COC(=O)CCCCCCC/C=C\C/C=C\CCCCC)COP(=O)(O)OCC(O)CO. The van der Waals surface area contributed by atoms with Crippen LogP contribution in [-0.4, -0.2) is 65.7 Å². The van der Waals surface area contributed by atoms with E-state index >= 15 is 0 Å². The Morgan fingerprint density at radius 2 is 1.12 bits per heavy atom. The lowest BCUT2D eigenvalue weighted by molar-refractivity contribution is -0.161. The van der Waals surface area contributed by atoms with Gasteiger partial charge in [-0.3, -0.25) is 18.6 Å². The first-order chi connectivity index (χ1) is 24.7. The molecule has 0 fully saturated rings. The van der Waals surface area contributed by atoms with Gasteiger partial charge in [-0.15, -0.1) is 0 Å². The summed E-state index contributed by atoms with van der Waals surface area (Å²) < 4.78 is 32.5. The van der Waals surface area contributed by atoms with Crippen molar-refractivity contribution in [2.24, 2.45) is 0 Å². The number of carbonyl (C=O) groups is 2. The van der Waals surface area contributed by atoms with Crippen LogP contribution in [0.25, 0.3) is 0 Å². The Morgan fingerprint density at radius 1 is 0.608 bits per heavy atom. The molecule has 3 N–H and O–H groups in total. The largest absolute Gasteiger partial charge is 0.472 e. The van der Waals surface area contributed by atoms with Gasteiger partial charge in [-0.25, -0.2) is 4.57 Å². The number of hydrogen-bond donors (Lipinski definition) is 3. The molecule has 0 aromatic heterocycles. The fraction of sp³-hybridized carbons (Fsp3) is 0.650. The maximum atomic E-state index is 12.5. The van der Waals surface area contributed by atoms with Crippen LogP contribution in [0.1, 0.15) is 129 Å². The van der Waals surface area contributed by atoms with Crippen molar-refractivity contribution < 1.29 is 47.8 Å². The first-order valence-electron chi connectivity index (χ1n) is 18.9. The van der Waals surface area contributed by atoms with E-state index in [9.17, 15) is 24.2 Å². The summed E-state index contributed by atoms with van der Waals surface area (Å²) in [4.78, 5) is 34.8. The summed E-state index contributed by atoms with van der Waals surface area (Å²) in [6, 6.07) is 0. The zero-order valence-electron chi connectivity index (χ0n) is 31.3. The highest BCUT2D eigenvalue weighted by molar-refractivity contribution is 7.47. The van der Waals surface area contributed by atoms with E-state index in [4.69, 9.17) is 19.1 Å². The maximum absolute atomic E-state index is 12.5. The van der Waals surface area contributed by atoms with Crippen LogP contribution >= 0.6 is 7.82 Å². The van der Waals surface area contributed by atoms with E-state index in [1.165, 1.54) is 19.3 Å². The first kappa shape index (κ1) is 48.4. The fourth-order valence-electron chi connectivity index (χ4n) is 4.45. The molecular weight excluding hydrogens is 671 g/mol. The van der Waals surface area contributed by atoms with Crippen LogP contribution in [-0.2, 0) is 32.7 Å². The standard InChI is InChI=1S/C40H67O10P/c1-3-5-7-9-11-13-15-17-18-20-21-23-25-27-29-31-39(43)47-35-38(36-49-51(45,46)48-34-37(42)33-41)50-40(44)32-30-28-26-24-22-19-16-14-12-10-8-6-4-2/h6,8,11-14,17-19,22,26,28,37-38,41-42H,3-5,7,9-10,15-16,20-21,23-25,27,29-36H2,1-2H3,(H,45,46)/b8-6-,13-11-,14-12-,18-17-,22-19-,28-26-. The first-order valence-corrected chi connectivity index (χ1v) is 20.4. The zero-order chi connectivity index (χ0) is 37.7. The predicted molar refractivity (Wildman–Crippen MR) is 205 cm³/mol. The summed E-state index contributed by atoms with van der Waals surface area (Å²) in [5.41, 5.74) is 0. The van der Waals surface area contributed by atoms with Crippen molar-refractivity contribution in [2.75, 3.05) is 26.4 Å². The molecule has 0 aromatic carbocycles. The average molecular weight is 739 g/mol. The highest BCUT2D eigenvalue weighted by Crippen LogP contribution is 2.43. The number of allylic oxidation sites excluding steroid dienone is 12. The number of carbonyl (C=O) groups excluding carboxylic acids is 2. The Bertz CT molecular complexity index is 1080. The lowest BCUT2D eigenvalue weighted by Gasteiger charge is -2.20. The van der Waals surface area contributed by atoms with E-state index in [1.807, 2.05) is 18.2 Å². The van der Waals surface area contributed by atoms with Gasteiger partial charge in [-0.1, -0.05) is 119 Å². The van der Waals surface area contributed by atoms with E-state index < -0.39 is 51.8 Å². The van der Waals surface area contributed by atoms with Gasteiger partial charge in [0.25, 0.3) is 0 Å². The van der Waals surface area contributed by atoms with Crippen LogP contribution in [0.5, 0.6) is 0 Å². The van der Waals surface area contributed by atoms with Crippen LogP contribution < -0.4 is 0 Å². The molecule has 0 aliphatic heterocycles. The Hall–Kier alpha value is -2.59. The van der Waals surface area contributed by atoms with E-state index in [1.54, 1.807) is 0 Å². The second-order valence-electron chi connectivity index (χ2n) is 12.2. The van der Waals surface area contributed by atoms with E-state index in [-0.39, 0.29) is 19.4 Å². The third kappa shape index (κ3) is 35.6. The number of rotatable bonds is 34. The van der Waals surface area contributed by atoms with Gasteiger partial charge in [-0.2, -0.15) is 0 Å². The van der Waals surface area contributed by atoms with Gasteiger partial charge in [0.2, 0.25) is 0 Å². The van der Waals surface area contributed by atoms with Crippen LogP contribution in [0.2, 0.25) is 0 Å². The molecule has 0 aromatic rings. The van der Waals surface area contributed by atoms with Gasteiger partial charge < -0.3 is 24.6 Å². The van der Waals surface area contributed by atoms with E-state index in [2.05, 4.69) is 73.1 Å². The van der Waals surface area contributed by atoms with Gasteiger partial charge in [0, 0.05) is 12.8 Å². The molecule has 0 saturated heterocycles. The fourth-order valence-corrected chi connectivity index (χ4v) is 5.24. The highest BCUT2D eigenvalue weighted by atomic mass is 31.2. The smallest absolute Gasteiger partial charge is 0.462 e. The summed E-state index contributed by atoms with van der Waals surface area (Å²) in [7, 11) is -4.64. The molecule has 0 amide bonds. The Labute approximate surface area is 308 Å². The average Bonchev–Trinajstić information content (AvgIpc) is 3.12. The second kappa shape index (κ2) is 35.8. The van der Waals surface area contributed by atoms with Crippen molar-refractivity contribution in [1.29, 1.82) is 0 Å². The van der Waals surface area contributed by atoms with Crippen LogP contribution in [0, 0.1) is 0 Å². The van der Waals surface area contributed by atoms with Crippen molar-refractivity contribution in [3.05, 3.63) is 72.9 Å². The quantitative estimate of drug-likeness (QED) is 0.0252. The van der Waals surface area contributed by atoms with Crippen LogP contribution in [0.15, 0.2) is 72.9 Å². The number of phosphoric acid groups is 1.